The van der Waals surface area contributed by atoms with Crippen molar-refractivity contribution in [1.82, 2.24) is 5.32 Å². The monoisotopic (exact) mass is 347 g/mol. The number of hydrogen-bond donors (Lipinski definition) is 1. The van der Waals surface area contributed by atoms with Crippen LogP contribution in [0.1, 0.15) is 20.3 Å². The summed E-state index contributed by atoms with van der Waals surface area (Å²) in [4.78, 5) is 11.3. The highest BCUT2D eigenvalue weighted by atomic mass is 127. The molecule has 0 saturated carbocycles. The summed E-state index contributed by atoms with van der Waals surface area (Å²) < 4.78 is 1.00. The van der Waals surface area contributed by atoms with Gasteiger partial charge < -0.3 is 5.32 Å². The first-order valence-corrected chi connectivity index (χ1v) is 6.49. The van der Waals surface area contributed by atoms with Crippen LogP contribution in [0, 0.1) is 5.92 Å². The zero-order valence-corrected chi connectivity index (χ0v) is 11.2. The first kappa shape index (κ1) is 12.7. The quantitative estimate of drug-likeness (QED) is 0.600. The first-order chi connectivity index (χ1) is 5.57. The molecule has 4 heteroatoms. The standard InChI is InChI=1S/C8H15BrINO/c1-6(2)5-11-8(12)7(9)3-4-10/h6-7H,3-5H2,1-2H3,(H,11,12). The molecule has 1 atom stereocenters. The minimum atomic E-state index is -0.0202. The van der Waals surface area contributed by atoms with E-state index in [0.29, 0.717) is 5.92 Å². The van der Waals surface area contributed by atoms with Crippen molar-refractivity contribution in [1.29, 1.82) is 0 Å². The molecule has 2 nitrogen and oxygen atoms in total. The SMILES string of the molecule is CC(C)CNC(=O)C(Br)CCI. The Morgan fingerprint density at radius 2 is 2.17 bits per heavy atom. The maximum absolute atomic E-state index is 11.3. The molecule has 1 amide bonds. The molecular weight excluding hydrogens is 333 g/mol. The van der Waals surface area contributed by atoms with Gasteiger partial charge in [0, 0.05) is 11.0 Å². The van der Waals surface area contributed by atoms with Gasteiger partial charge in [0.1, 0.15) is 0 Å². The lowest BCUT2D eigenvalue weighted by Crippen LogP contribution is -2.33. The minimum Gasteiger partial charge on any atom is -0.355 e. The summed E-state index contributed by atoms with van der Waals surface area (Å²) in [6.45, 7) is 4.94. The molecule has 0 fully saturated rings. The molecule has 12 heavy (non-hydrogen) atoms. The number of alkyl halides is 2. The molecule has 0 saturated heterocycles. The first-order valence-electron chi connectivity index (χ1n) is 4.05. The molecule has 0 aromatic heterocycles. The van der Waals surface area contributed by atoms with Gasteiger partial charge in [-0.25, -0.2) is 0 Å². The lowest BCUT2D eigenvalue weighted by molar-refractivity contribution is -0.120. The molecule has 0 aromatic carbocycles. The Morgan fingerprint density at radius 1 is 1.58 bits per heavy atom. The normalized spacial score (nSPS) is 13.1. The van der Waals surface area contributed by atoms with Crippen LogP contribution < -0.4 is 5.32 Å². The van der Waals surface area contributed by atoms with Gasteiger partial charge in [0.15, 0.2) is 0 Å². The highest BCUT2D eigenvalue weighted by Crippen LogP contribution is 2.07. The fourth-order valence-corrected chi connectivity index (χ4v) is 2.51. The van der Waals surface area contributed by atoms with Crippen molar-refractivity contribution < 1.29 is 4.79 Å². The Hall–Kier alpha value is 0.680. The van der Waals surface area contributed by atoms with Gasteiger partial charge in [0.05, 0.1) is 4.83 Å². The molecule has 72 valence electrons. The van der Waals surface area contributed by atoms with Crippen molar-refractivity contribution in [2.75, 3.05) is 11.0 Å². The molecule has 0 rings (SSSR count). The topological polar surface area (TPSA) is 29.1 Å². The molecule has 0 heterocycles. The zero-order valence-electron chi connectivity index (χ0n) is 7.44. The second kappa shape index (κ2) is 7.12. The number of amides is 1. The van der Waals surface area contributed by atoms with Crippen molar-refractivity contribution in [2.45, 2.75) is 25.1 Å². The Bertz CT molecular complexity index is 141. The smallest absolute Gasteiger partial charge is 0.233 e. The van der Waals surface area contributed by atoms with Crippen LogP contribution in [0.5, 0.6) is 0 Å². The number of hydrogen-bond acceptors (Lipinski definition) is 1. The van der Waals surface area contributed by atoms with Crippen LogP contribution in [0.3, 0.4) is 0 Å². The number of carbonyl (C=O) groups is 1. The van der Waals surface area contributed by atoms with Crippen LogP contribution in [0.4, 0.5) is 0 Å². The van der Waals surface area contributed by atoms with E-state index >= 15 is 0 Å². The van der Waals surface area contributed by atoms with E-state index < -0.39 is 0 Å². The van der Waals surface area contributed by atoms with E-state index in [0.717, 1.165) is 17.4 Å². The fourth-order valence-electron chi connectivity index (χ4n) is 0.642. The predicted molar refractivity (Wildman–Crippen MR) is 64.1 cm³/mol. The van der Waals surface area contributed by atoms with Gasteiger partial charge in [-0.05, 0) is 12.3 Å². The summed E-state index contributed by atoms with van der Waals surface area (Å²) >= 11 is 5.60. The molecular formula is C8H15BrINO. The van der Waals surface area contributed by atoms with E-state index in [-0.39, 0.29) is 10.7 Å². The Balaban J connectivity index is 3.57. The third-order valence-electron chi connectivity index (χ3n) is 1.33. The van der Waals surface area contributed by atoms with Crippen LogP contribution in [0.2, 0.25) is 0 Å². The summed E-state index contributed by atoms with van der Waals surface area (Å²) in [6.07, 6.45) is 0.893. The van der Waals surface area contributed by atoms with Gasteiger partial charge in [-0.1, -0.05) is 52.4 Å². The number of carbonyl (C=O) groups excluding carboxylic acids is 1. The maximum atomic E-state index is 11.3. The molecule has 0 aromatic rings. The van der Waals surface area contributed by atoms with Gasteiger partial charge in [-0.15, -0.1) is 0 Å². The highest BCUT2D eigenvalue weighted by Gasteiger charge is 2.12. The summed E-state index contributed by atoms with van der Waals surface area (Å²) in [6, 6.07) is 0. The van der Waals surface area contributed by atoms with E-state index in [1.165, 1.54) is 0 Å². The molecule has 0 aliphatic rings. The number of rotatable bonds is 5. The lowest BCUT2D eigenvalue weighted by atomic mass is 10.2. The van der Waals surface area contributed by atoms with Gasteiger partial charge in [0.25, 0.3) is 0 Å². The Kier molecular flexibility index (Phi) is 7.52. The molecule has 0 radical (unpaired) electrons. The van der Waals surface area contributed by atoms with E-state index in [9.17, 15) is 4.79 Å². The van der Waals surface area contributed by atoms with Crippen LogP contribution >= 0.6 is 38.5 Å². The molecule has 0 aliphatic carbocycles. The van der Waals surface area contributed by atoms with Gasteiger partial charge in [0.2, 0.25) is 5.91 Å². The van der Waals surface area contributed by atoms with Crippen molar-refractivity contribution in [2.24, 2.45) is 5.92 Å². The fraction of sp³-hybridized carbons (Fsp3) is 0.875. The average molecular weight is 348 g/mol. The summed E-state index contributed by atoms with van der Waals surface area (Å²) in [7, 11) is 0. The van der Waals surface area contributed by atoms with E-state index in [4.69, 9.17) is 0 Å². The van der Waals surface area contributed by atoms with Crippen molar-refractivity contribution in [3.05, 3.63) is 0 Å². The molecule has 1 unspecified atom stereocenters. The van der Waals surface area contributed by atoms with Crippen LogP contribution in [0.15, 0.2) is 0 Å². The third-order valence-corrected chi connectivity index (χ3v) is 2.83. The van der Waals surface area contributed by atoms with Crippen LogP contribution in [-0.2, 0) is 4.79 Å². The molecule has 0 spiro atoms. The predicted octanol–water partition coefficient (Wildman–Crippen LogP) is 2.35. The second-order valence-electron chi connectivity index (χ2n) is 3.08. The highest BCUT2D eigenvalue weighted by molar-refractivity contribution is 14.1. The number of halogens is 2. The largest absolute Gasteiger partial charge is 0.355 e. The van der Waals surface area contributed by atoms with E-state index in [1.807, 2.05) is 0 Å². The average Bonchev–Trinajstić information content (AvgIpc) is 2.00. The molecule has 0 aliphatic heterocycles. The zero-order chi connectivity index (χ0) is 9.56. The van der Waals surface area contributed by atoms with Gasteiger partial charge in [-0.3, -0.25) is 4.79 Å². The van der Waals surface area contributed by atoms with Crippen molar-refractivity contribution in [3.8, 4) is 0 Å². The van der Waals surface area contributed by atoms with Crippen LogP contribution in [0.25, 0.3) is 0 Å². The summed E-state index contributed by atoms with van der Waals surface area (Å²) in [5.41, 5.74) is 0. The summed E-state index contributed by atoms with van der Waals surface area (Å²) in [5, 5.41) is 2.88. The lowest BCUT2D eigenvalue weighted by Gasteiger charge is -2.10. The second-order valence-corrected chi connectivity index (χ2v) is 5.27. The van der Waals surface area contributed by atoms with Crippen molar-refractivity contribution in [3.63, 3.8) is 0 Å². The Morgan fingerprint density at radius 3 is 2.58 bits per heavy atom. The Labute approximate surface area is 96.1 Å². The molecule has 0 bridgehead atoms. The van der Waals surface area contributed by atoms with Gasteiger partial charge in [-0.2, -0.15) is 0 Å². The van der Waals surface area contributed by atoms with E-state index in [1.54, 1.807) is 0 Å². The van der Waals surface area contributed by atoms with E-state index in [2.05, 4.69) is 57.7 Å². The minimum absolute atomic E-state index is 0.0202. The number of nitrogens with one attached hydrogen (secondary N) is 1. The third kappa shape index (κ3) is 6.22. The summed E-state index contributed by atoms with van der Waals surface area (Å²) in [5.74, 6) is 0.633. The van der Waals surface area contributed by atoms with Gasteiger partial charge >= 0.3 is 0 Å². The van der Waals surface area contributed by atoms with Crippen LogP contribution in [-0.4, -0.2) is 21.7 Å². The van der Waals surface area contributed by atoms with Crippen molar-refractivity contribution >= 4 is 44.4 Å². The molecule has 1 N–H and O–H groups in total. The maximum Gasteiger partial charge on any atom is 0.233 e.